The summed E-state index contributed by atoms with van der Waals surface area (Å²) in [5.74, 6) is 6.05. The van der Waals surface area contributed by atoms with E-state index in [4.69, 9.17) is 5.84 Å². The summed E-state index contributed by atoms with van der Waals surface area (Å²) >= 11 is 6.62. The summed E-state index contributed by atoms with van der Waals surface area (Å²) in [6.07, 6.45) is 0.858. The van der Waals surface area contributed by atoms with Gasteiger partial charge in [-0.25, -0.2) is 0 Å². The minimum Gasteiger partial charge on any atom is -0.271 e. The van der Waals surface area contributed by atoms with Crippen molar-refractivity contribution in [3.63, 3.8) is 0 Å². The Morgan fingerprint density at radius 2 is 2.28 bits per heavy atom. The zero-order valence-corrected chi connectivity index (χ0v) is 13.4. The van der Waals surface area contributed by atoms with Crippen molar-refractivity contribution in [1.82, 2.24) is 15.0 Å². The molecule has 4 nitrogen and oxygen atoms in total. The largest absolute Gasteiger partial charge is 0.271 e. The highest BCUT2D eigenvalue weighted by molar-refractivity contribution is 9.10. The summed E-state index contributed by atoms with van der Waals surface area (Å²) in [7, 11) is 0. The molecule has 0 fully saturated rings. The Kier molecular flexibility index (Phi) is 4.85. The fourth-order valence-corrected chi connectivity index (χ4v) is 4.10. The Morgan fingerprint density at radius 1 is 1.50 bits per heavy atom. The molecule has 2 heterocycles. The number of nitrogens with two attached hydrogens (primary N) is 1. The summed E-state index contributed by atoms with van der Waals surface area (Å²) in [5, 5.41) is 6.28. The quantitative estimate of drug-likeness (QED) is 0.644. The maximum Gasteiger partial charge on any atom is 0.0829 e. The Balaban J connectivity index is 2.20. The number of nitrogens with zero attached hydrogens (tertiary/aromatic N) is 2. The number of thiophene rings is 1. The van der Waals surface area contributed by atoms with Gasteiger partial charge in [0.25, 0.3) is 0 Å². The van der Waals surface area contributed by atoms with Crippen LogP contribution in [0.2, 0.25) is 0 Å². The fraction of sp³-hybridized carbons (Fsp3) is 0.455. The number of hydrazine groups is 1. The second-order valence-corrected chi connectivity index (χ2v) is 7.03. The molecule has 0 saturated heterocycles. The highest BCUT2D eigenvalue weighted by Crippen LogP contribution is 2.30. The summed E-state index contributed by atoms with van der Waals surface area (Å²) in [6.45, 7) is 4.24. The standard InChI is InChI=1S/C11H15BrN4S2/c1-6(2)10-11(18-16-15-10)9(14-13)4-8-3-7(12)5-17-8/h3,5-6,9,14H,4,13H2,1-2H3. The predicted molar refractivity (Wildman–Crippen MR) is 79.8 cm³/mol. The summed E-state index contributed by atoms with van der Waals surface area (Å²) < 4.78 is 5.16. The number of aromatic nitrogens is 2. The predicted octanol–water partition coefficient (Wildman–Crippen LogP) is 3.23. The minimum absolute atomic E-state index is 0.0768. The molecule has 1 atom stereocenters. The van der Waals surface area contributed by atoms with Crippen LogP contribution in [0.1, 0.15) is 41.3 Å². The van der Waals surface area contributed by atoms with Crippen molar-refractivity contribution < 1.29 is 0 Å². The van der Waals surface area contributed by atoms with E-state index in [-0.39, 0.29) is 6.04 Å². The molecule has 2 aromatic heterocycles. The van der Waals surface area contributed by atoms with Gasteiger partial charge in [-0.2, -0.15) is 0 Å². The molecular weight excluding hydrogens is 332 g/mol. The molecule has 0 radical (unpaired) electrons. The molecule has 7 heteroatoms. The second-order valence-electron chi connectivity index (χ2n) is 4.33. The smallest absolute Gasteiger partial charge is 0.0829 e. The molecule has 0 aliphatic heterocycles. The van der Waals surface area contributed by atoms with E-state index >= 15 is 0 Å². The molecule has 3 N–H and O–H groups in total. The van der Waals surface area contributed by atoms with Crippen molar-refractivity contribution >= 4 is 38.8 Å². The van der Waals surface area contributed by atoms with E-state index in [0.717, 1.165) is 21.5 Å². The van der Waals surface area contributed by atoms with E-state index in [1.54, 1.807) is 11.3 Å². The third-order valence-electron chi connectivity index (χ3n) is 2.63. The van der Waals surface area contributed by atoms with Gasteiger partial charge in [0.05, 0.1) is 16.6 Å². The van der Waals surface area contributed by atoms with Crippen LogP contribution >= 0.6 is 38.8 Å². The van der Waals surface area contributed by atoms with Crippen molar-refractivity contribution in [2.75, 3.05) is 0 Å². The van der Waals surface area contributed by atoms with Crippen LogP contribution in [0.25, 0.3) is 0 Å². The average molecular weight is 347 g/mol. The summed E-state index contributed by atoms with van der Waals surface area (Å²) in [5.41, 5.74) is 3.92. The molecule has 0 spiro atoms. The topological polar surface area (TPSA) is 63.8 Å². The molecule has 1 unspecified atom stereocenters. The molecule has 2 rings (SSSR count). The molecule has 0 amide bonds. The van der Waals surface area contributed by atoms with Crippen LogP contribution in [0.4, 0.5) is 0 Å². The molecule has 0 aromatic carbocycles. The lowest BCUT2D eigenvalue weighted by atomic mass is 10.0. The molecule has 0 bridgehead atoms. The van der Waals surface area contributed by atoms with Crippen LogP contribution in [0.15, 0.2) is 15.9 Å². The van der Waals surface area contributed by atoms with Gasteiger partial charge in [0.2, 0.25) is 0 Å². The molecule has 98 valence electrons. The van der Waals surface area contributed by atoms with Crippen LogP contribution < -0.4 is 11.3 Å². The Bertz CT molecular complexity index is 509. The fourth-order valence-electron chi connectivity index (χ4n) is 1.74. The van der Waals surface area contributed by atoms with Gasteiger partial charge < -0.3 is 0 Å². The van der Waals surface area contributed by atoms with Crippen LogP contribution in [0, 0.1) is 0 Å². The summed E-state index contributed by atoms with van der Waals surface area (Å²) in [4.78, 5) is 2.42. The van der Waals surface area contributed by atoms with Crippen LogP contribution in [-0.2, 0) is 6.42 Å². The summed E-state index contributed by atoms with van der Waals surface area (Å²) in [6, 6.07) is 2.20. The minimum atomic E-state index is 0.0768. The van der Waals surface area contributed by atoms with E-state index in [9.17, 15) is 0 Å². The van der Waals surface area contributed by atoms with Gasteiger partial charge in [-0.15, -0.1) is 16.4 Å². The first-order valence-electron chi connectivity index (χ1n) is 5.63. The van der Waals surface area contributed by atoms with Crippen LogP contribution in [0.5, 0.6) is 0 Å². The van der Waals surface area contributed by atoms with Crippen LogP contribution in [-0.4, -0.2) is 9.59 Å². The van der Waals surface area contributed by atoms with E-state index in [2.05, 4.69) is 56.2 Å². The molecular formula is C11H15BrN4S2. The monoisotopic (exact) mass is 346 g/mol. The molecule has 0 saturated carbocycles. The van der Waals surface area contributed by atoms with E-state index in [1.165, 1.54) is 16.4 Å². The maximum absolute atomic E-state index is 5.68. The van der Waals surface area contributed by atoms with Gasteiger partial charge >= 0.3 is 0 Å². The molecule has 2 aromatic rings. The van der Waals surface area contributed by atoms with Gasteiger partial charge in [-0.1, -0.05) is 18.3 Å². The van der Waals surface area contributed by atoms with Gasteiger partial charge in [0.1, 0.15) is 0 Å². The lowest BCUT2D eigenvalue weighted by Gasteiger charge is -2.15. The second kappa shape index (κ2) is 6.21. The number of halogens is 1. The van der Waals surface area contributed by atoms with Crippen molar-refractivity contribution in [2.45, 2.75) is 32.2 Å². The van der Waals surface area contributed by atoms with Gasteiger partial charge in [-0.3, -0.25) is 11.3 Å². The van der Waals surface area contributed by atoms with Gasteiger partial charge in [0, 0.05) is 21.2 Å². The zero-order valence-electron chi connectivity index (χ0n) is 10.2. The zero-order chi connectivity index (χ0) is 13.1. The average Bonchev–Trinajstić information content (AvgIpc) is 2.94. The highest BCUT2D eigenvalue weighted by atomic mass is 79.9. The van der Waals surface area contributed by atoms with Gasteiger partial charge in [-0.05, 0) is 39.4 Å². The van der Waals surface area contributed by atoms with E-state index in [1.807, 2.05) is 0 Å². The number of hydrogen-bond acceptors (Lipinski definition) is 6. The number of hydrogen-bond donors (Lipinski definition) is 2. The SMILES string of the molecule is CC(C)c1nnsc1C(Cc1cc(Br)cs1)NN. The van der Waals surface area contributed by atoms with Crippen molar-refractivity contribution in [3.05, 3.63) is 31.4 Å². The van der Waals surface area contributed by atoms with Crippen molar-refractivity contribution in [2.24, 2.45) is 5.84 Å². The Labute approximate surface area is 123 Å². The van der Waals surface area contributed by atoms with Crippen molar-refractivity contribution in [1.29, 1.82) is 0 Å². The highest BCUT2D eigenvalue weighted by Gasteiger charge is 2.21. The van der Waals surface area contributed by atoms with E-state index < -0.39 is 0 Å². The lowest BCUT2D eigenvalue weighted by Crippen LogP contribution is -2.29. The molecule has 0 aliphatic rings. The first kappa shape index (κ1) is 14.1. The maximum atomic E-state index is 5.68. The Morgan fingerprint density at radius 3 is 2.83 bits per heavy atom. The molecule has 18 heavy (non-hydrogen) atoms. The number of rotatable bonds is 5. The number of nitrogens with one attached hydrogen (secondary N) is 1. The first-order chi connectivity index (χ1) is 8.61. The third kappa shape index (κ3) is 3.16. The van der Waals surface area contributed by atoms with Gasteiger partial charge in [0.15, 0.2) is 0 Å². The van der Waals surface area contributed by atoms with Crippen molar-refractivity contribution in [3.8, 4) is 0 Å². The first-order valence-corrected chi connectivity index (χ1v) is 8.07. The molecule has 0 aliphatic carbocycles. The van der Waals surface area contributed by atoms with E-state index in [0.29, 0.717) is 5.92 Å². The third-order valence-corrected chi connectivity index (χ3v) is 5.21. The lowest BCUT2D eigenvalue weighted by molar-refractivity contribution is 0.554. The van der Waals surface area contributed by atoms with Crippen LogP contribution in [0.3, 0.4) is 0 Å². The normalized spacial score (nSPS) is 13.2. The Hall–Kier alpha value is -0.340.